The van der Waals surface area contributed by atoms with Crippen molar-refractivity contribution >= 4 is 11.8 Å². The van der Waals surface area contributed by atoms with Gasteiger partial charge in [0.15, 0.2) is 11.5 Å². The van der Waals surface area contributed by atoms with Crippen LogP contribution in [0.1, 0.15) is 20.3 Å². The van der Waals surface area contributed by atoms with Crippen LogP contribution in [-0.4, -0.2) is 43.3 Å². The molecule has 0 aromatic heterocycles. The molecule has 0 radical (unpaired) electrons. The van der Waals surface area contributed by atoms with E-state index in [0.29, 0.717) is 31.4 Å². The van der Waals surface area contributed by atoms with Gasteiger partial charge in [0.1, 0.15) is 0 Å². The Bertz CT molecular complexity index is 440. The topological polar surface area (TPSA) is 50.7 Å². The Labute approximate surface area is 131 Å². The molecule has 4 nitrogen and oxygen atoms in total. The van der Waals surface area contributed by atoms with Crippen LogP contribution >= 0.6 is 11.8 Å². The fourth-order valence-corrected chi connectivity index (χ4v) is 2.88. The summed E-state index contributed by atoms with van der Waals surface area (Å²) < 4.78 is 11.3. The van der Waals surface area contributed by atoms with E-state index in [1.54, 1.807) is 11.8 Å². The lowest BCUT2D eigenvalue weighted by molar-refractivity contribution is 0.194. The van der Waals surface area contributed by atoms with Crippen molar-refractivity contribution in [1.29, 1.82) is 0 Å². The summed E-state index contributed by atoms with van der Waals surface area (Å²) in [7, 11) is 0. The van der Waals surface area contributed by atoms with Crippen LogP contribution < -0.4 is 14.8 Å². The fraction of sp³-hybridized carbons (Fsp3) is 0.625. The molecule has 0 bridgehead atoms. The average molecular weight is 311 g/mol. The van der Waals surface area contributed by atoms with Gasteiger partial charge < -0.3 is 19.9 Å². The Balaban J connectivity index is 1.79. The van der Waals surface area contributed by atoms with Crippen molar-refractivity contribution in [2.75, 3.05) is 32.1 Å². The molecule has 2 N–H and O–H groups in total. The number of thioether (sulfide) groups is 1. The lowest BCUT2D eigenvalue weighted by Gasteiger charge is -2.13. The van der Waals surface area contributed by atoms with Gasteiger partial charge in [-0.3, -0.25) is 0 Å². The van der Waals surface area contributed by atoms with E-state index < -0.39 is 0 Å². The first kappa shape index (κ1) is 16.5. The van der Waals surface area contributed by atoms with Crippen molar-refractivity contribution in [2.24, 2.45) is 5.92 Å². The maximum Gasteiger partial charge on any atom is 0.162 e. The molecule has 118 valence electrons. The molecule has 0 aliphatic carbocycles. The fourth-order valence-electron chi connectivity index (χ4n) is 2.02. The molecule has 0 fully saturated rings. The highest BCUT2D eigenvalue weighted by Crippen LogP contribution is 2.33. The summed E-state index contributed by atoms with van der Waals surface area (Å²) in [5, 5.41) is 13.2. The maximum atomic E-state index is 9.97. The first-order chi connectivity index (χ1) is 10.1. The van der Waals surface area contributed by atoms with Gasteiger partial charge in [-0.2, -0.15) is 0 Å². The second-order valence-corrected chi connectivity index (χ2v) is 6.77. The van der Waals surface area contributed by atoms with Gasteiger partial charge in [0.25, 0.3) is 0 Å². The lowest BCUT2D eigenvalue weighted by atomic mass is 10.2. The molecule has 1 aliphatic heterocycles. The normalized spacial score (nSPS) is 15.8. The molecule has 0 saturated heterocycles. The Morgan fingerprint density at radius 1 is 1.19 bits per heavy atom. The third-order valence-corrected chi connectivity index (χ3v) is 4.23. The predicted octanol–water partition coefficient (Wildman–Crippen LogP) is 2.55. The molecule has 1 unspecified atom stereocenters. The number of fused-ring (bicyclic) bond motifs is 1. The number of ether oxygens (including phenoxy) is 2. The molecule has 5 heteroatoms. The highest BCUT2D eigenvalue weighted by atomic mass is 32.2. The number of rotatable bonds is 7. The summed E-state index contributed by atoms with van der Waals surface area (Å²) in [6.45, 7) is 7.29. The second kappa shape index (κ2) is 8.51. The van der Waals surface area contributed by atoms with Gasteiger partial charge in [-0.25, -0.2) is 0 Å². The highest BCUT2D eigenvalue weighted by molar-refractivity contribution is 7.99. The van der Waals surface area contributed by atoms with Crippen LogP contribution in [0.2, 0.25) is 0 Å². The third-order valence-electron chi connectivity index (χ3n) is 3.09. The largest absolute Gasteiger partial charge is 0.490 e. The smallest absolute Gasteiger partial charge is 0.162 e. The molecule has 0 amide bonds. The van der Waals surface area contributed by atoms with E-state index >= 15 is 0 Å². The van der Waals surface area contributed by atoms with Crippen LogP contribution in [0.3, 0.4) is 0 Å². The Morgan fingerprint density at radius 3 is 2.71 bits per heavy atom. The van der Waals surface area contributed by atoms with E-state index in [-0.39, 0.29) is 6.10 Å². The Hall–Kier alpha value is -0.910. The molecule has 1 aromatic rings. The van der Waals surface area contributed by atoms with Crippen LogP contribution in [0.4, 0.5) is 0 Å². The minimum Gasteiger partial charge on any atom is -0.490 e. The molecule has 21 heavy (non-hydrogen) atoms. The number of nitrogens with one attached hydrogen (secondary N) is 1. The molecule has 1 aromatic carbocycles. The number of hydrogen-bond donors (Lipinski definition) is 2. The number of benzene rings is 1. The standard InChI is InChI=1S/C16H25NO3S/c1-12(2)9-17-10-13(18)11-21-14-4-5-15-16(8-14)20-7-3-6-19-15/h4-5,8,12-13,17-18H,3,6-7,9-11H2,1-2H3. The minimum atomic E-state index is -0.343. The van der Waals surface area contributed by atoms with Crippen molar-refractivity contribution in [2.45, 2.75) is 31.3 Å². The second-order valence-electron chi connectivity index (χ2n) is 5.68. The minimum absolute atomic E-state index is 0.343. The average Bonchev–Trinajstić information content (AvgIpc) is 2.69. The van der Waals surface area contributed by atoms with Gasteiger partial charge >= 0.3 is 0 Å². The predicted molar refractivity (Wildman–Crippen MR) is 86.5 cm³/mol. The molecular formula is C16H25NO3S. The number of aliphatic hydroxyl groups is 1. The molecule has 0 saturated carbocycles. The summed E-state index contributed by atoms with van der Waals surface area (Å²) in [5.41, 5.74) is 0. The van der Waals surface area contributed by atoms with Gasteiger partial charge in [-0.05, 0) is 30.7 Å². The molecular weight excluding hydrogens is 286 g/mol. The number of hydrogen-bond acceptors (Lipinski definition) is 5. The Kier molecular flexibility index (Phi) is 6.67. The van der Waals surface area contributed by atoms with E-state index in [1.807, 2.05) is 18.2 Å². The van der Waals surface area contributed by atoms with Crippen LogP contribution in [0.5, 0.6) is 11.5 Å². The summed E-state index contributed by atoms with van der Waals surface area (Å²) in [5.74, 6) is 2.90. The quantitative estimate of drug-likeness (QED) is 0.758. The van der Waals surface area contributed by atoms with Crippen LogP contribution in [0.15, 0.2) is 23.1 Å². The summed E-state index contributed by atoms with van der Waals surface area (Å²) in [6.07, 6.45) is 0.571. The van der Waals surface area contributed by atoms with Crippen molar-refractivity contribution in [3.05, 3.63) is 18.2 Å². The molecule has 0 spiro atoms. The monoisotopic (exact) mass is 311 g/mol. The molecule has 1 aliphatic rings. The van der Waals surface area contributed by atoms with E-state index in [9.17, 15) is 5.11 Å². The van der Waals surface area contributed by atoms with Crippen LogP contribution in [0, 0.1) is 5.92 Å². The summed E-state index contributed by atoms with van der Waals surface area (Å²) in [6, 6.07) is 5.97. The molecule has 1 atom stereocenters. The number of aliphatic hydroxyl groups excluding tert-OH is 1. The molecule has 2 rings (SSSR count). The SMILES string of the molecule is CC(C)CNCC(O)CSc1ccc2c(c1)OCCCO2. The van der Waals surface area contributed by atoms with Gasteiger partial charge in [-0.1, -0.05) is 13.8 Å². The highest BCUT2D eigenvalue weighted by Gasteiger charge is 2.12. The van der Waals surface area contributed by atoms with Crippen LogP contribution in [0.25, 0.3) is 0 Å². The zero-order valence-corrected chi connectivity index (χ0v) is 13.6. The van der Waals surface area contributed by atoms with E-state index in [2.05, 4.69) is 19.2 Å². The van der Waals surface area contributed by atoms with Crippen molar-refractivity contribution in [3.63, 3.8) is 0 Å². The first-order valence-electron chi connectivity index (χ1n) is 7.56. The summed E-state index contributed by atoms with van der Waals surface area (Å²) >= 11 is 1.64. The van der Waals surface area contributed by atoms with Gasteiger partial charge in [-0.15, -0.1) is 11.8 Å². The summed E-state index contributed by atoms with van der Waals surface area (Å²) in [4.78, 5) is 1.10. The van der Waals surface area contributed by atoms with E-state index in [4.69, 9.17) is 9.47 Å². The Morgan fingerprint density at radius 2 is 1.95 bits per heavy atom. The van der Waals surface area contributed by atoms with Crippen molar-refractivity contribution in [3.8, 4) is 11.5 Å². The van der Waals surface area contributed by atoms with Gasteiger partial charge in [0.2, 0.25) is 0 Å². The van der Waals surface area contributed by atoms with E-state index in [1.165, 1.54) is 0 Å². The lowest BCUT2D eigenvalue weighted by Crippen LogP contribution is -2.30. The van der Waals surface area contributed by atoms with Crippen LogP contribution in [-0.2, 0) is 0 Å². The van der Waals surface area contributed by atoms with Crippen molar-refractivity contribution in [1.82, 2.24) is 5.32 Å². The van der Waals surface area contributed by atoms with Gasteiger partial charge in [0.05, 0.1) is 19.3 Å². The van der Waals surface area contributed by atoms with E-state index in [0.717, 1.165) is 29.4 Å². The van der Waals surface area contributed by atoms with Gasteiger partial charge in [0, 0.05) is 23.6 Å². The molecule has 1 heterocycles. The van der Waals surface area contributed by atoms with Crippen molar-refractivity contribution < 1.29 is 14.6 Å². The third kappa shape index (κ3) is 5.77. The zero-order chi connectivity index (χ0) is 15.1. The maximum absolute atomic E-state index is 9.97. The first-order valence-corrected chi connectivity index (χ1v) is 8.55. The zero-order valence-electron chi connectivity index (χ0n) is 12.8.